The van der Waals surface area contributed by atoms with Gasteiger partial charge in [0.05, 0.1) is 17.2 Å². The van der Waals surface area contributed by atoms with E-state index in [2.05, 4.69) is 46.4 Å². The molecule has 1 aliphatic carbocycles. The van der Waals surface area contributed by atoms with Gasteiger partial charge in [0.15, 0.2) is 17.0 Å². The van der Waals surface area contributed by atoms with E-state index < -0.39 is 0 Å². The maximum atomic E-state index is 13.2. The highest BCUT2D eigenvalue weighted by atomic mass is 16.3. The molecule has 28 heavy (non-hydrogen) atoms. The van der Waals surface area contributed by atoms with E-state index in [0.717, 1.165) is 51.3 Å². The third-order valence-corrected chi connectivity index (χ3v) is 5.74. The van der Waals surface area contributed by atoms with E-state index in [1.165, 1.54) is 0 Å². The predicted octanol–water partition coefficient (Wildman–Crippen LogP) is 4.64. The minimum absolute atomic E-state index is 0.0487. The maximum absolute atomic E-state index is 13.2. The first-order valence-corrected chi connectivity index (χ1v) is 9.50. The van der Waals surface area contributed by atoms with Crippen LogP contribution in [0.5, 0.6) is 0 Å². The average Bonchev–Trinajstić information content (AvgIpc) is 3.26. The van der Waals surface area contributed by atoms with Crippen LogP contribution in [0.2, 0.25) is 0 Å². The number of aromatic amines is 1. The Kier molecular flexibility index (Phi) is 2.97. The number of H-pyrrole nitrogens is 1. The van der Waals surface area contributed by atoms with E-state index in [4.69, 9.17) is 4.42 Å². The summed E-state index contributed by atoms with van der Waals surface area (Å²) >= 11 is 0. The molecule has 0 bridgehead atoms. The molecule has 2 aromatic carbocycles. The molecular weight excluding hydrogens is 352 g/mol. The molecule has 3 aromatic heterocycles. The topological polar surface area (TPSA) is 76.7 Å². The quantitative estimate of drug-likeness (QED) is 0.491. The van der Waals surface area contributed by atoms with Crippen LogP contribution >= 0.6 is 0 Å². The third-order valence-electron chi connectivity index (χ3n) is 5.74. The number of oxazole rings is 1. The molecule has 138 valence electrons. The van der Waals surface area contributed by atoms with Gasteiger partial charge in [-0.05, 0) is 54.7 Å². The van der Waals surface area contributed by atoms with Gasteiger partial charge in [-0.3, -0.25) is 9.89 Å². The Balaban J connectivity index is 1.73. The van der Waals surface area contributed by atoms with Crippen molar-refractivity contribution in [2.75, 3.05) is 0 Å². The Bertz CT molecular complexity index is 1470. The Labute approximate surface area is 159 Å². The molecule has 3 heterocycles. The van der Waals surface area contributed by atoms with Crippen molar-refractivity contribution in [1.29, 1.82) is 0 Å². The standard InChI is InChI=1S/C22H18N4O2/c1-11-16(13-3-8-18-14(9-13)10-23-25-18)6-7-17-20(11)26(15-4-5-15)22(27)19-21(17)28-12(2)24-19/h3,6-10,15H,4-5H2,1-2H3,(H,23,25). The molecule has 6 rings (SSSR count). The molecular formula is C22H18N4O2. The number of benzene rings is 2. The van der Waals surface area contributed by atoms with E-state index in [0.29, 0.717) is 17.0 Å². The number of hydrogen-bond acceptors (Lipinski definition) is 4. The van der Waals surface area contributed by atoms with Crippen molar-refractivity contribution in [3.05, 3.63) is 58.3 Å². The number of aryl methyl sites for hydroxylation is 2. The molecule has 1 aliphatic rings. The van der Waals surface area contributed by atoms with Gasteiger partial charge < -0.3 is 8.98 Å². The highest BCUT2D eigenvalue weighted by Gasteiger charge is 2.30. The molecule has 0 spiro atoms. The van der Waals surface area contributed by atoms with Gasteiger partial charge in [-0.1, -0.05) is 12.1 Å². The second kappa shape index (κ2) is 5.32. The van der Waals surface area contributed by atoms with E-state index in [1.807, 2.05) is 16.8 Å². The van der Waals surface area contributed by atoms with Crippen LogP contribution in [-0.2, 0) is 0 Å². The van der Waals surface area contributed by atoms with Crippen LogP contribution in [-0.4, -0.2) is 19.7 Å². The summed E-state index contributed by atoms with van der Waals surface area (Å²) in [7, 11) is 0. The summed E-state index contributed by atoms with van der Waals surface area (Å²) in [5, 5.41) is 9.12. The van der Waals surface area contributed by atoms with Crippen molar-refractivity contribution < 1.29 is 4.42 Å². The maximum Gasteiger partial charge on any atom is 0.281 e. The lowest BCUT2D eigenvalue weighted by molar-refractivity contribution is 0.563. The zero-order chi connectivity index (χ0) is 19.0. The van der Waals surface area contributed by atoms with Gasteiger partial charge in [0.1, 0.15) is 0 Å². The second-order valence-corrected chi connectivity index (χ2v) is 7.62. The summed E-state index contributed by atoms with van der Waals surface area (Å²) < 4.78 is 7.77. The lowest BCUT2D eigenvalue weighted by Gasteiger charge is -2.15. The van der Waals surface area contributed by atoms with E-state index in [1.54, 1.807) is 6.92 Å². The number of fused-ring (bicyclic) bond motifs is 4. The minimum atomic E-state index is -0.0487. The number of rotatable bonds is 2. The first-order chi connectivity index (χ1) is 13.6. The van der Waals surface area contributed by atoms with Crippen LogP contribution in [0.4, 0.5) is 0 Å². The fourth-order valence-electron chi connectivity index (χ4n) is 4.27. The van der Waals surface area contributed by atoms with Crippen molar-refractivity contribution in [3.63, 3.8) is 0 Å². The third kappa shape index (κ3) is 2.05. The van der Waals surface area contributed by atoms with Crippen molar-refractivity contribution in [1.82, 2.24) is 19.7 Å². The van der Waals surface area contributed by atoms with Crippen LogP contribution < -0.4 is 5.56 Å². The van der Waals surface area contributed by atoms with Gasteiger partial charge in [0.2, 0.25) is 0 Å². The summed E-state index contributed by atoms with van der Waals surface area (Å²) in [6.07, 6.45) is 3.89. The largest absolute Gasteiger partial charge is 0.440 e. The number of nitrogens with one attached hydrogen (secondary N) is 1. The van der Waals surface area contributed by atoms with Crippen LogP contribution in [0.25, 0.3) is 44.0 Å². The van der Waals surface area contributed by atoms with Crippen molar-refractivity contribution in [3.8, 4) is 11.1 Å². The summed E-state index contributed by atoms with van der Waals surface area (Å²) in [6.45, 7) is 3.87. The van der Waals surface area contributed by atoms with Gasteiger partial charge in [0.25, 0.3) is 5.56 Å². The van der Waals surface area contributed by atoms with Gasteiger partial charge in [-0.2, -0.15) is 5.10 Å². The summed E-state index contributed by atoms with van der Waals surface area (Å²) in [4.78, 5) is 17.6. The summed E-state index contributed by atoms with van der Waals surface area (Å²) in [5.74, 6) is 0.522. The Morgan fingerprint density at radius 3 is 2.86 bits per heavy atom. The average molecular weight is 370 g/mol. The lowest BCUT2D eigenvalue weighted by atomic mass is 9.96. The monoisotopic (exact) mass is 370 g/mol. The molecule has 1 fully saturated rings. The number of nitrogens with zero attached hydrogens (tertiary/aromatic N) is 3. The normalized spacial score (nSPS) is 14.5. The molecule has 6 heteroatoms. The van der Waals surface area contributed by atoms with Crippen LogP contribution in [0.3, 0.4) is 0 Å². The summed E-state index contributed by atoms with van der Waals surface area (Å²) in [5.41, 5.74) is 6.25. The number of aromatic nitrogens is 4. The predicted molar refractivity (Wildman–Crippen MR) is 109 cm³/mol. The summed E-state index contributed by atoms with van der Waals surface area (Å²) in [6, 6.07) is 10.7. The fourth-order valence-corrected chi connectivity index (χ4v) is 4.27. The van der Waals surface area contributed by atoms with E-state index in [9.17, 15) is 4.79 Å². The Morgan fingerprint density at radius 2 is 2.04 bits per heavy atom. The van der Waals surface area contributed by atoms with Gasteiger partial charge >= 0.3 is 0 Å². The van der Waals surface area contributed by atoms with Crippen LogP contribution in [0, 0.1) is 13.8 Å². The first kappa shape index (κ1) is 15.6. The van der Waals surface area contributed by atoms with Gasteiger partial charge in [-0.25, -0.2) is 4.98 Å². The molecule has 1 saturated carbocycles. The zero-order valence-corrected chi connectivity index (χ0v) is 15.6. The number of pyridine rings is 1. The van der Waals surface area contributed by atoms with Gasteiger partial charge in [0, 0.05) is 23.7 Å². The Morgan fingerprint density at radius 1 is 1.18 bits per heavy atom. The van der Waals surface area contributed by atoms with Gasteiger partial charge in [-0.15, -0.1) is 0 Å². The molecule has 6 nitrogen and oxygen atoms in total. The lowest BCUT2D eigenvalue weighted by Crippen LogP contribution is -2.20. The van der Waals surface area contributed by atoms with Crippen molar-refractivity contribution in [2.24, 2.45) is 0 Å². The molecule has 0 amide bonds. The SMILES string of the molecule is Cc1nc2c(=O)n(C3CC3)c3c(C)c(-c4ccc5[nH]ncc5c4)ccc3c2o1. The first-order valence-electron chi connectivity index (χ1n) is 9.50. The van der Waals surface area contributed by atoms with Crippen LogP contribution in [0.1, 0.15) is 30.3 Å². The fraction of sp³-hybridized carbons (Fsp3) is 0.227. The van der Waals surface area contributed by atoms with E-state index >= 15 is 0 Å². The molecule has 0 unspecified atom stereocenters. The highest BCUT2D eigenvalue weighted by Crippen LogP contribution is 2.40. The zero-order valence-electron chi connectivity index (χ0n) is 15.6. The molecule has 0 radical (unpaired) electrons. The Hall–Kier alpha value is -3.41. The second-order valence-electron chi connectivity index (χ2n) is 7.62. The smallest absolute Gasteiger partial charge is 0.281 e. The van der Waals surface area contributed by atoms with Crippen LogP contribution in [0.15, 0.2) is 45.7 Å². The molecule has 0 atom stereocenters. The molecule has 1 N–H and O–H groups in total. The van der Waals surface area contributed by atoms with E-state index in [-0.39, 0.29) is 11.6 Å². The van der Waals surface area contributed by atoms with Crippen molar-refractivity contribution >= 4 is 32.9 Å². The minimum Gasteiger partial charge on any atom is -0.440 e. The molecule has 0 aliphatic heterocycles. The number of hydrogen-bond donors (Lipinski definition) is 1. The van der Waals surface area contributed by atoms with Crippen molar-refractivity contribution in [2.45, 2.75) is 32.7 Å². The molecule has 5 aromatic rings. The molecule has 0 saturated heterocycles. The highest BCUT2D eigenvalue weighted by molar-refractivity contribution is 6.04.